The Labute approximate surface area is 174 Å². The van der Waals surface area contributed by atoms with Gasteiger partial charge in [0.05, 0.1) is 29.4 Å². The standard InChI is InChI=1S/C20H23ClN6O2/c1-12(23-20(28)19-15-11-29-7-5-18(15)24-25-19)10-27-6-4-17(26-27)13-2-3-14(9-22)16(21)8-13/h2-4,6,8,12,15,18-19,24-25H,5,7,10-11H2,1H3,(H,23,28)/t12-,15?,18?,19?/m0/s1. The zero-order valence-corrected chi connectivity index (χ0v) is 16.8. The summed E-state index contributed by atoms with van der Waals surface area (Å²) in [6.45, 7) is 3.81. The van der Waals surface area contributed by atoms with Gasteiger partial charge in [0.25, 0.3) is 0 Å². The fraction of sp³-hybridized carbons (Fsp3) is 0.450. The van der Waals surface area contributed by atoms with Crippen LogP contribution < -0.4 is 16.2 Å². The summed E-state index contributed by atoms with van der Waals surface area (Å²) in [5, 5.41) is 17.0. The van der Waals surface area contributed by atoms with Gasteiger partial charge in [0.1, 0.15) is 12.1 Å². The van der Waals surface area contributed by atoms with E-state index in [1.54, 1.807) is 16.8 Å². The van der Waals surface area contributed by atoms with Gasteiger partial charge < -0.3 is 10.1 Å². The van der Waals surface area contributed by atoms with Crippen molar-refractivity contribution in [2.75, 3.05) is 13.2 Å². The molecule has 4 rings (SSSR count). The number of ether oxygens (including phenoxy) is 1. The summed E-state index contributed by atoms with van der Waals surface area (Å²) in [4.78, 5) is 12.7. The van der Waals surface area contributed by atoms with Gasteiger partial charge in [-0.1, -0.05) is 17.7 Å². The third-order valence-electron chi connectivity index (χ3n) is 5.41. The number of halogens is 1. The van der Waals surface area contributed by atoms with Gasteiger partial charge in [-0.25, -0.2) is 5.43 Å². The first-order valence-corrected chi connectivity index (χ1v) is 10.1. The minimum Gasteiger partial charge on any atom is -0.381 e. The third-order valence-corrected chi connectivity index (χ3v) is 5.72. The number of aromatic nitrogens is 2. The molecule has 3 N–H and O–H groups in total. The molecule has 9 heteroatoms. The average Bonchev–Trinajstić information content (AvgIpc) is 3.34. The molecule has 0 spiro atoms. The van der Waals surface area contributed by atoms with Crippen molar-refractivity contribution in [1.29, 1.82) is 5.26 Å². The third kappa shape index (κ3) is 4.28. The van der Waals surface area contributed by atoms with Crippen molar-refractivity contribution in [2.45, 2.75) is 38.0 Å². The number of carbonyl (C=O) groups is 1. The van der Waals surface area contributed by atoms with Gasteiger partial charge >= 0.3 is 0 Å². The van der Waals surface area contributed by atoms with E-state index in [1.807, 2.05) is 31.3 Å². The molecule has 4 atom stereocenters. The number of carbonyl (C=O) groups excluding carboxylic acids is 1. The van der Waals surface area contributed by atoms with Crippen LogP contribution in [0.3, 0.4) is 0 Å². The lowest BCUT2D eigenvalue weighted by atomic mass is 9.91. The van der Waals surface area contributed by atoms with E-state index < -0.39 is 0 Å². The highest BCUT2D eigenvalue weighted by Crippen LogP contribution is 2.24. The van der Waals surface area contributed by atoms with Crippen molar-refractivity contribution in [2.24, 2.45) is 5.92 Å². The number of fused-ring (bicyclic) bond motifs is 1. The van der Waals surface area contributed by atoms with Crippen LogP contribution in [0.15, 0.2) is 30.5 Å². The molecule has 8 nitrogen and oxygen atoms in total. The lowest BCUT2D eigenvalue weighted by Crippen LogP contribution is -2.50. The topological polar surface area (TPSA) is 104 Å². The lowest BCUT2D eigenvalue weighted by Gasteiger charge is -2.27. The SMILES string of the molecule is C[C@@H](Cn1ccc(-c2ccc(C#N)c(Cl)c2)n1)NC(=O)C1NNC2CCOCC21. The van der Waals surface area contributed by atoms with Crippen LogP contribution in [0.1, 0.15) is 18.9 Å². The predicted octanol–water partition coefficient (Wildman–Crippen LogP) is 1.46. The van der Waals surface area contributed by atoms with Crippen LogP contribution in [0.4, 0.5) is 0 Å². The highest BCUT2D eigenvalue weighted by Gasteiger charge is 2.41. The van der Waals surface area contributed by atoms with Gasteiger partial charge in [0.2, 0.25) is 5.91 Å². The first kappa shape index (κ1) is 19.9. The molecule has 1 aromatic carbocycles. The zero-order valence-electron chi connectivity index (χ0n) is 16.1. The van der Waals surface area contributed by atoms with Gasteiger partial charge in [-0.15, -0.1) is 0 Å². The molecule has 3 heterocycles. The van der Waals surface area contributed by atoms with Crippen LogP contribution >= 0.6 is 11.6 Å². The molecule has 2 aromatic rings. The largest absolute Gasteiger partial charge is 0.381 e. The van der Waals surface area contributed by atoms with Crippen molar-refractivity contribution in [1.82, 2.24) is 25.9 Å². The summed E-state index contributed by atoms with van der Waals surface area (Å²) in [6.07, 6.45) is 2.77. The van der Waals surface area contributed by atoms with Gasteiger partial charge in [-0.2, -0.15) is 10.4 Å². The molecule has 0 saturated carbocycles. The van der Waals surface area contributed by atoms with E-state index in [1.165, 1.54) is 0 Å². The summed E-state index contributed by atoms with van der Waals surface area (Å²) in [7, 11) is 0. The second-order valence-electron chi connectivity index (χ2n) is 7.54. The molecule has 2 fully saturated rings. The van der Waals surface area contributed by atoms with Gasteiger partial charge in [0, 0.05) is 36.4 Å². The molecule has 0 radical (unpaired) electrons. The molecule has 1 aromatic heterocycles. The maximum absolute atomic E-state index is 12.7. The second-order valence-corrected chi connectivity index (χ2v) is 7.95. The van der Waals surface area contributed by atoms with Crippen LogP contribution in [0.5, 0.6) is 0 Å². The van der Waals surface area contributed by atoms with Crippen molar-refractivity contribution in [3.05, 3.63) is 41.0 Å². The first-order valence-electron chi connectivity index (χ1n) is 9.68. The molecule has 3 unspecified atom stereocenters. The quantitative estimate of drug-likeness (QED) is 0.684. The second kappa shape index (κ2) is 8.51. The minimum atomic E-state index is -0.295. The summed E-state index contributed by atoms with van der Waals surface area (Å²) in [5.74, 6) is 0.114. The smallest absolute Gasteiger partial charge is 0.239 e. The van der Waals surface area contributed by atoms with Gasteiger partial charge in [-0.05, 0) is 31.5 Å². The van der Waals surface area contributed by atoms with E-state index in [2.05, 4.69) is 21.3 Å². The van der Waals surface area contributed by atoms with Crippen molar-refractivity contribution in [3.8, 4) is 17.3 Å². The maximum atomic E-state index is 12.7. The van der Waals surface area contributed by atoms with E-state index in [0.29, 0.717) is 23.7 Å². The van der Waals surface area contributed by atoms with E-state index in [9.17, 15) is 4.79 Å². The summed E-state index contributed by atoms with van der Waals surface area (Å²) >= 11 is 6.11. The molecule has 152 valence electrons. The fourth-order valence-electron chi connectivity index (χ4n) is 3.87. The summed E-state index contributed by atoms with van der Waals surface area (Å²) < 4.78 is 7.32. The number of rotatable bonds is 5. The zero-order chi connectivity index (χ0) is 20.4. The Morgan fingerprint density at radius 1 is 1.48 bits per heavy atom. The normalized spacial score (nSPS) is 24.5. The summed E-state index contributed by atoms with van der Waals surface area (Å²) in [6, 6.07) is 9.07. The van der Waals surface area contributed by atoms with Gasteiger partial charge in [0.15, 0.2) is 0 Å². The van der Waals surface area contributed by atoms with Crippen molar-refractivity contribution < 1.29 is 9.53 Å². The molecule has 2 saturated heterocycles. The Morgan fingerprint density at radius 3 is 3.14 bits per heavy atom. The van der Waals surface area contributed by atoms with E-state index >= 15 is 0 Å². The van der Waals surface area contributed by atoms with E-state index in [0.717, 1.165) is 24.3 Å². The molecule has 0 aliphatic carbocycles. The maximum Gasteiger partial charge on any atom is 0.239 e. The fourth-order valence-corrected chi connectivity index (χ4v) is 4.10. The molecule has 29 heavy (non-hydrogen) atoms. The Kier molecular flexibility index (Phi) is 5.83. The number of nitriles is 1. The van der Waals surface area contributed by atoms with E-state index in [4.69, 9.17) is 21.6 Å². The van der Waals surface area contributed by atoms with Crippen molar-refractivity contribution >= 4 is 17.5 Å². The van der Waals surface area contributed by atoms with Gasteiger partial charge in [-0.3, -0.25) is 14.9 Å². The predicted molar refractivity (Wildman–Crippen MR) is 108 cm³/mol. The Hall–Kier alpha value is -2.44. The van der Waals surface area contributed by atoms with Crippen molar-refractivity contribution in [3.63, 3.8) is 0 Å². The molecular weight excluding hydrogens is 392 g/mol. The molecule has 2 aliphatic heterocycles. The van der Waals surface area contributed by atoms with Crippen LogP contribution in [0.2, 0.25) is 5.02 Å². The van der Waals surface area contributed by atoms with Crippen LogP contribution in [-0.4, -0.2) is 47.0 Å². The Morgan fingerprint density at radius 2 is 2.34 bits per heavy atom. The first-order chi connectivity index (χ1) is 14.0. The average molecular weight is 415 g/mol. The number of hydrazine groups is 1. The number of nitrogens with zero attached hydrogens (tertiary/aromatic N) is 3. The molecule has 1 amide bonds. The highest BCUT2D eigenvalue weighted by molar-refractivity contribution is 6.32. The number of hydrogen-bond donors (Lipinski definition) is 3. The van der Waals surface area contributed by atoms with E-state index in [-0.39, 0.29) is 30.0 Å². The number of nitrogens with one attached hydrogen (secondary N) is 3. The minimum absolute atomic E-state index is 0.0331. The lowest BCUT2D eigenvalue weighted by molar-refractivity contribution is -0.125. The number of benzene rings is 1. The summed E-state index contributed by atoms with van der Waals surface area (Å²) in [5.41, 5.74) is 8.36. The van der Waals surface area contributed by atoms with Crippen LogP contribution in [-0.2, 0) is 16.1 Å². The Balaban J connectivity index is 1.36. The highest BCUT2D eigenvalue weighted by atomic mass is 35.5. The van der Waals surface area contributed by atoms with Crippen LogP contribution in [0.25, 0.3) is 11.3 Å². The molecule has 2 aliphatic rings. The molecular formula is C20H23ClN6O2. The molecule has 0 bridgehead atoms. The number of amides is 1. The number of hydrogen-bond acceptors (Lipinski definition) is 6. The Bertz CT molecular complexity index is 939. The van der Waals surface area contributed by atoms with Crippen LogP contribution in [0, 0.1) is 17.2 Å². The monoisotopic (exact) mass is 414 g/mol.